The fourth-order valence-corrected chi connectivity index (χ4v) is 9.21. The zero-order chi connectivity index (χ0) is 14.6. The van der Waals surface area contributed by atoms with Gasteiger partial charge in [0.1, 0.15) is 0 Å². The van der Waals surface area contributed by atoms with Gasteiger partial charge >= 0.3 is 0 Å². The maximum absolute atomic E-state index is 9.57. The van der Waals surface area contributed by atoms with Crippen molar-refractivity contribution in [2.24, 2.45) is 0 Å². The summed E-state index contributed by atoms with van der Waals surface area (Å²) in [5, 5.41) is 9.57. The lowest BCUT2D eigenvalue weighted by Gasteiger charge is -2.43. The van der Waals surface area contributed by atoms with E-state index in [9.17, 15) is 5.11 Å². The van der Waals surface area contributed by atoms with E-state index in [-0.39, 0.29) is 6.10 Å². The van der Waals surface area contributed by atoms with Gasteiger partial charge < -0.3 is 14.3 Å². The average molecular weight is 289 g/mol. The molecule has 0 amide bonds. The molecule has 0 saturated carbocycles. The van der Waals surface area contributed by atoms with E-state index in [1.165, 1.54) is 0 Å². The Morgan fingerprint density at radius 2 is 1.58 bits per heavy atom. The number of hydrogen-bond donors (Lipinski definition) is 1. The van der Waals surface area contributed by atoms with Gasteiger partial charge in [-0.1, -0.05) is 41.5 Å². The standard InChI is InChI=1S/C15H32O3Si/c1-11(2)19(12(3)4,13(5)6)17-10-14-8-7-9-15(16)18-14/h11-16H,7-10H2,1-6H3/t14-,15?/m1/s1. The van der Waals surface area contributed by atoms with Crippen molar-refractivity contribution < 1.29 is 14.3 Å². The summed E-state index contributed by atoms with van der Waals surface area (Å²) in [6.45, 7) is 14.4. The summed E-state index contributed by atoms with van der Waals surface area (Å²) >= 11 is 0. The van der Waals surface area contributed by atoms with E-state index in [1.54, 1.807) is 0 Å². The van der Waals surface area contributed by atoms with Gasteiger partial charge in [0.25, 0.3) is 0 Å². The Balaban J connectivity index is 2.67. The summed E-state index contributed by atoms with van der Waals surface area (Å²) in [5.74, 6) is 0. The second-order valence-electron chi connectivity index (χ2n) is 6.77. The summed E-state index contributed by atoms with van der Waals surface area (Å²) < 4.78 is 12.1. The van der Waals surface area contributed by atoms with E-state index in [0.29, 0.717) is 23.2 Å². The Morgan fingerprint density at radius 3 is 2.00 bits per heavy atom. The largest absolute Gasteiger partial charge is 0.413 e. The molecule has 114 valence electrons. The lowest BCUT2D eigenvalue weighted by molar-refractivity contribution is -0.170. The van der Waals surface area contributed by atoms with E-state index in [1.807, 2.05) is 0 Å². The SMILES string of the molecule is CC(C)[Si](OC[C@H]1CCCC(O)O1)(C(C)C)C(C)C. The molecular formula is C15H32O3Si. The molecule has 0 aromatic heterocycles. The van der Waals surface area contributed by atoms with Crippen LogP contribution in [0.2, 0.25) is 16.6 Å². The van der Waals surface area contributed by atoms with Crippen LogP contribution in [0.4, 0.5) is 0 Å². The van der Waals surface area contributed by atoms with E-state index >= 15 is 0 Å². The molecule has 1 aliphatic rings. The van der Waals surface area contributed by atoms with Crippen molar-refractivity contribution >= 4 is 8.32 Å². The predicted octanol–water partition coefficient (Wildman–Crippen LogP) is 4.07. The smallest absolute Gasteiger partial charge is 0.200 e. The van der Waals surface area contributed by atoms with Gasteiger partial charge in [0.2, 0.25) is 0 Å². The molecule has 0 aliphatic carbocycles. The van der Waals surface area contributed by atoms with Crippen LogP contribution in [-0.4, -0.2) is 32.4 Å². The highest BCUT2D eigenvalue weighted by Crippen LogP contribution is 2.42. The van der Waals surface area contributed by atoms with Crippen molar-refractivity contribution in [1.82, 2.24) is 0 Å². The summed E-state index contributed by atoms with van der Waals surface area (Å²) in [6, 6.07) is 0. The van der Waals surface area contributed by atoms with Gasteiger partial charge in [-0.25, -0.2) is 0 Å². The van der Waals surface area contributed by atoms with E-state index in [4.69, 9.17) is 9.16 Å². The van der Waals surface area contributed by atoms with Gasteiger partial charge in [0, 0.05) is 0 Å². The van der Waals surface area contributed by atoms with Crippen LogP contribution in [0.1, 0.15) is 60.8 Å². The normalized spacial score (nSPS) is 25.6. The Labute approximate surface area is 119 Å². The van der Waals surface area contributed by atoms with E-state index in [0.717, 1.165) is 19.3 Å². The van der Waals surface area contributed by atoms with Crippen molar-refractivity contribution in [3.63, 3.8) is 0 Å². The summed E-state index contributed by atoms with van der Waals surface area (Å²) in [6.07, 6.45) is 2.30. The van der Waals surface area contributed by atoms with Gasteiger partial charge in [-0.2, -0.15) is 0 Å². The second kappa shape index (κ2) is 7.20. The highest BCUT2D eigenvalue weighted by molar-refractivity contribution is 6.77. The quantitative estimate of drug-likeness (QED) is 0.749. The first kappa shape index (κ1) is 17.1. The first-order valence-electron chi connectivity index (χ1n) is 7.78. The molecular weight excluding hydrogens is 256 g/mol. The van der Waals surface area contributed by atoms with Crippen LogP contribution in [0.25, 0.3) is 0 Å². The van der Waals surface area contributed by atoms with Crippen LogP contribution in [0, 0.1) is 0 Å². The number of ether oxygens (including phenoxy) is 1. The van der Waals surface area contributed by atoms with Crippen molar-refractivity contribution in [3.8, 4) is 0 Å². The zero-order valence-electron chi connectivity index (χ0n) is 13.5. The molecule has 0 bridgehead atoms. The van der Waals surface area contributed by atoms with E-state index < -0.39 is 14.6 Å². The minimum atomic E-state index is -1.80. The summed E-state index contributed by atoms with van der Waals surface area (Å²) in [4.78, 5) is 0. The molecule has 1 saturated heterocycles. The summed E-state index contributed by atoms with van der Waals surface area (Å²) in [5.41, 5.74) is 1.79. The Kier molecular flexibility index (Phi) is 6.50. The number of aliphatic hydroxyl groups excluding tert-OH is 1. The molecule has 1 rings (SSSR count). The molecule has 0 spiro atoms. The molecule has 1 N–H and O–H groups in total. The second-order valence-corrected chi connectivity index (χ2v) is 12.2. The zero-order valence-corrected chi connectivity index (χ0v) is 14.5. The fourth-order valence-electron chi connectivity index (χ4n) is 3.74. The van der Waals surface area contributed by atoms with E-state index in [2.05, 4.69) is 41.5 Å². The molecule has 4 heteroatoms. The van der Waals surface area contributed by atoms with Crippen molar-refractivity contribution in [3.05, 3.63) is 0 Å². The molecule has 2 atom stereocenters. The van der Waals surface area contributed by atoms with Gasteiger partial charge in [-0.15, -0.1) is 0 Å². The Hall–Kier alpha value is 0.0969. The van der Waals surface area contributed by atoms with Crippen molar-refractivity contribution in [2.75, 3.05) is 6.61 Å². The van der Waals surface area contributed by atoms with Crippen LogP contribution in [0.3, 0.4) is 0 Å². The highest BCUT2D eigenvalue weighted by Gasteiger charge is 2.45. The maximum atomic E-state index is 9.57. The predicted molar refractivity (Wildman–Crippen MR) is 81.7 cm³/mol. The van der Waals surface area contributed by atoms with Crippen LogP contribution < -0.4 is 0 Å². The molecule has 1 heterocycles. The van der Waals surface area contributed by atoms with Gasteiger partial charge in [0.05, 0.1) is 12.7 Å². The molecule has 1 fully saturated rings. The minimum Gasteiger partial charge on any atom is -0.413 e. The lowest BCUT2D eigenvalue weighted by Crippen LogP contribution is -2.49. The monoisotopic (exact) mass is 288 g/mol. The van der Waals surface area contributed by atoms with Crippen LogP contribution in [0.15, 0.2) is 0 Å². The molecule has 3 nitrogen and oxygen atoms in total. The number of aliphatic hydroxyl groups is 1. The third-order valence-electron chi connectivity index (χ3n) is 4.55. The Bertz CT molecular complexity index is 244. The third kappa shape index (κ3) is 4.03. The first-order valence-corrected chi connectivity index (χ1v) is 9.92. The molecule has 0 radical (unpaired) electrons. The maximum Gasteiger partial charge on any atom is 0.200 e. The lowest BCUT2D eigenvalue weighted by atomic mass is 10.1. The van der Waals surface area contributed by atoms with Crippen LogP contribution in [0.5, 0.6) is 0 Å². The molecule has 1 aliphatic heterocycles. The van der Waals surface area contributed by atoms with Gasteiger partial charge in [-0.3, -0.25) is 0 Å². The third-order valence-corrected chi connectivity index (χ3v) is 10.6. The highest BCUT2D eigenvalue weighted by atomic mass is 28.4. The molecule has 0 aromatic carbocycles. The summed E-state index contributed by atoms with van der Waals surface area (Å²) in [7, 11) is -1.80. The van der Waals surface area contributed by atoms with Crippen molar-refractivity contribution in [1.29, 1.82) is 0 Å². The first-order chi connectivity index (χ1) is 8.80. The minimum absolute atomic E-state index is 0.0758. The van der Waals surface area contributed by atoms with Gasteiger partial charge in [-0.05, 0) is 35.9 Å². The Morgan fingerprint density at radius 1 is 1.05 bits per heavy atom. The van der Waals surface area contributed by atoms with Crippen molar-refractivity contribution in [2.45, 2.75) is 89.8 Å². The fraction of sp³-hybridized carbons (Fsp3) is 1.00. The van der Waals surface area contributed by atoms with Gasteiger partial charge in [0.15, 0.2) is 14.6 Å². The number of hydrogen-bond acceptors (Lipinski definition) is 3. The number of rotatable bonds is 6. The molecule has 19 heavy (non-hydrogen) atoms. The van der Waals surface area contributed by atoms with Crippen LogP contribution >= 0.6 is 0 Å². The molecule has 1 unspecified atom stereocenters. The van der Waals surface area contributed by atoms with Crippen LogP contribution in [-0.2, 0) is 9.16 Å². The topological polar surface area (TPSA) is 38.7 Å². The molecule has 0 aromatic rings. The average Bonchev–Trinajstić information content (AvgIpc) is 2.28.